The molecule has 1 aromatic rings. The number of hydrogen-bond acceptors (Lipinski definition) is 2. The molecule has 4 heteroatoms. The maximum Gasteiger partial charge on any atom is 0.234 e. The second kappa shape index (κ2) is 5.73. The highest BCUT2D eigenvalue weighted by Gasteiger charge is 2.34. The molecule has 0 aromatic heterocycles. The molecule has 0 fully saturated rings. The first-order valence-electron chi connectivity index (χ1n) is 5.29. The molecular weight excluding hydrogens is 286 g/mol. The van der Waals surface area contributed by atoms with E-state index >= 15 is 0 Å². The minimum absolute atomic E-state index is 0.238. The van der Waals surface area contributed by atoms with E-state index in [0.29, 0.717) is 0 Å². The molecule has 1 rings (SSSR count). The van der Waals surface area contributed by atoms with E-state index in [1.807, 2.05) is 38.1 Å². The molecule has 0 aliphatic rings. The monoisotopic (exact) mass is 301 g/mol. The smallest absolute Gasteiger partial charge is 0.234 e. The third kappa shape index (κ3) is 2.80. The number of halogens is 1. The van der Waals surface area contributed by atoms with Crippen LogP contribution in [0.3, 0.4) is 0 Å². The summed E-state index contributed by atoms with van der Waals surface area (Å²) in [5, 5.41) is 0. The SMILES string of the molecule is CCC(CC)(Sc1ccccc1Br)C(N)=O. The van der Waals surface area contributed by atoms with Crippen LogP contribution in [0.5, 0.6) is 0 Å². The zero-order valence-electron chi connectivity index (χ0n) is 9.50. The summed E-state index contributed by atoms with van der Waals surface area (Å²) in [6, 6.07) is 7.89. The number of rotatable bonds is 5. The van der Waals surface area contributed by atoms with Crippen molar-refractivity contribution in [3.63, 3.8) is 0 Å². The van der Waals surface area contributed by atoms with Crippen molar-refractivity contribution >= 4 is 33.6 Å². The lowest BCUT2D eigenvalue weighted by Crippen LogP contribution is -2.39. The standard InChI is InChI=1S/C12H16BrNOS/c1-3-12(4-2,11(14)15)16-10-8-6-5-7-9(10)13/h5-8H,3-4H2,1-2H3,(H2,14,15). The Balaban J connectivity index is 3.01. The van der Waals surface area contributed by atoms with Gasteiger partial charge >= 0.3 is 0 Å². The van der Waals surface area contributed by atoms with Crippen molar-refractivity contribution in [2.75, 3.05) is 0 Å². The van der Waals surface area contributed by atoms with Crippen LogP contribution in [0.1, 0.15) is 26.7 Å². The molecule has 0 atom stereocenters. The molecule has 2 nitrogen and oxygen atoms in total. The first kappa shape index (κ1) is 13.6. The summed E-state index contributed by atoms with van der Waals surface area (Å²) < 4.78 is 0.511. The van der Waals surface area contributed by atoms with E-state index < -0.39 is 4.75 Å². The predicted molar refractivity (Wildman–Crippen MR) is 72.5 cm³/mol. The number of hydrogen-bond donors (Lipinski definition) is 1. The van der Waals surface area contributed by atoms with Crippen LogP contribution in [-0.4, -0.2) is 10.7 Å². The zero-order valence-corrected chi connectivity index (χ0v) is 11.9. The summed E-state index contributed by atoms with van der Waals surface area (Å²) in [6.45, 7) is 4.00. The maximum atomic E-state index is 11.6. The Labute approximate surface area is 109 Å². The van der Waals surface area contributed by atoms with Gasteiger partial charge in [-0.1, -0.05) is 26.0 Å². The van der Waals surface area contributed by atoms with Crippen LogP contribution in [0.2, 0.25) is 0 Å². The largest absolute Gasteiger partial charge is 0.368 e. The van der Waals surface area contributed by atoms with Gasteiger partial charge in [0.05, 0.1) is 4.75 Å². The van der Waals surface area contributed by atoms with Crippen LogP contribution in [0.15, 0.2) is 33.6 Å². The van der Waals surface area contributed by atoms with Crippen LogP contribution in [0, 0.1) is 0 Å². The van der Waals surface area contributed by atoms with Crippen molar-refractivity contribution in [2.45, 2.75) is 36.3 Å². The Hall–Kier alpha value is -0.480. The lowest BCUT2D eigenvalue weighted by molar-refractivity contribution is -0.120. The van der Waals surface area contributed by atoms with E-state index in [2.05, 4.69) is 15.9 Å². The van der Waals surface area contributed by atoms with E-state index in [0.717, 1.165) is 22.2 Å². The number of benzene rings is 1. The molecule has 0 radical (unpaired) electrons. The van der Waals surface area contributed by atoms with Crippen molar-refractivity contribution in [3.05, 3.63) is 28.7 Å². The number of thioether (sulfide) groups is 1. The van der Waals surface area contributed by atoms with Crippen LogP contribution in [0.25, 0.3) is 0 Å². The summed E-state index contributed by atoms with van der Waals surface area (Å²) in [7, 11) is 0. The van der Waals surface area contributed by atoms with Gasteiger partial charge in [-0.15, -0.1) is 11.8 Å². The third-order valence-corrected chi connectivity index (χ3v) is 5.43. The molecule has 88 valence electrons. The summed E-state index contributed by atoms with van der Waals surface area (Å²) in [6.07, 6.45) is 1.48. The average Bonchev–Trinajstić information content (AvgIpc) is 2.28. The molecule has 0 saturated carbocycles. The first-order chi connectivity index (χ1) is 7.55. The minimum atomic E-state index is -0.496. The molecule has 2 N–H and O–H groups in total. The molecule has 0 saturated heterocycles. The van der Waals surface area contributed by atoms with Gasteiger partial charge in [0.1, 0.15) is 0 Å². The summed E-state index contributed by atoms with van der Waals surface area (Å²) in [5.74, 6) is -0.238. The highest BCUT2D eigenvalue weighted by atomic mass is 79.9. The predicted octanol–water partition coefficient (Wildman–Crippen LogP) is 3.59. The molecular formula is C12H16BrNOS. The van der Waals surface area contributed by atoms with E-state index in [1.165, 1.54) is 0 Å². The van der Waals surface area contributed by atoms with E-state index in [9.17, 15) is 4.79 Å². The molecule has 1 aromatic carbocycles. The van der Waals surface area contributed by atoms with Crippen LogP contribution < -0.4 is 5.73 Å². The van der Waals surface area contributed by atoms with Crippen molar-refractivity contribution < 1.29 is 4.79 Å². The van der Waals surface area contributed by atoms with Gasteiger partial charge < -0.3 is 5.73 Å². The third-order valence-electron chi connectivity index (χ3n) is 2.73. The topological polar surface area (TPSA) is 43.1 Å². The summed E-state index contributed by atoms with van der Waals surface area (Å²) >= 11 is 5.03. The van der Waals surface area contributed by atoms with Crippen molar-refractivity contribution in [3.8, 4) is 0 Å². The van der Waals surface area contributed by atoms with Gasteiger partial charge in [-0.2, -0.15) is 0 Å². The highest BCUT2D eigenvalue weighted by molar-refractivity contribution is 9.10. The summed E-state index contributed by atoms with van der Waals surface area (Å²) in [5.41, 5.74) is 5.52. The van der Waals surface area contributed by atoms with Crippen LogP contribution >= 0.6 is 27.7 Å². The molecule has 0 unspecified atom stereocenters. The highest BCUT2D eigenvalue weighted by Crippen LogP contribution is 2.41. The minimum Gasteiger partial charge on any atom is -0.368 e. The van der Waals surface area contributed by atoms with Gasteiger partial charge in [-0.05, 0) is 40.9 Å². The van der Waals surface area contributed by atoms with Gasteiger partial charge in [0.25, 0.3) is 0 Å². The van der Waals surface area contributed by atoms with Gasteiger partial charge in [-0.3, -0.25) is 4.79 Å². The number of nitrogens with two attached hydrogens (primary N) is 1. The van der Waals surface area contributed by atoms with Gasteiger partial charge in [0, 0.05) is 9.37 Å². The quantitative estimate of drug-likeness (QED) is 0.845. The lowest BCUT2D eigenvalue weighted by Gasteiger charge is -2.27. The molecule has 0 aliphatic carbocycles. The summed E-state index contributed by atoms with van der Waals surface area (Å²) in [4.78, 5) is 12.6. The average molecular weight is 302 g/mol. The van der Waals surface area contributed by atoms with Crippen molar-refractivity contribution in [1.29, 1.82) is 0 Å². The second-order valence-corrected chi connectivity index (χ2v) is 5.88. The van der Waals surface area contributed by atoms with E-state index in [1.54, 1.807) is 11.8 Å². The number of primary amides is 1. The lowest BCUT2D eigenvalue weighted by atomic mass is 10.0. The Bertz CT molecular complexity index is 377. The molecule has 0 aliphatic heterocycles. The molecule has 0 bridgehead atoms. The Morgan fingerprint density at radius 1 is 1.38 bits per heavy atom. The Kier molecular flexibility index (Phi) is 4.87. The molecule has 16 heavy (non-hydrogen) atoms. The molecule has 0 heterocycles. The molecule has 0 spiro atoms. The van der Waals surface area contributed by atoms with Crippen LogP contribution in [-0.2, 0) is 4.79 Å². The van der Waals surface area contributed by atoms with Gasteiger partial charge in [0.15, 0.2) is 0 Å². The second-order valence-electron chi connectivity index (χ2n) is 3.60. The number of carbonyl (C=O) groups excluding carboxylic acids is 1. The Morgan fingerprint density at radius 2 is 1.94 bits per heavy atom. The van der Waals surface area contributed by atoms with Crippen molar-refractivity contribution in [2.24, 2.45) is 5.73 Å². The Morgan fingerprint density at radius 3 is 2.38 bits per heavy atom. The van der Waals surface area contributed by atoms with Crippen molar-refractivity contribution in [1.82, 2.24) is 0 Å². The van der Waals surface area contributed by atoms with Gasteiger partial charge in [0.2, 0.25) is 5.91 Å². The van der Waals surface area contributed by atoms with Crippen LogP contribution in [0.4, 0.5) is 0 Å². The number of carbonyl (C=O) groups is 1. The number of amides is 1. The van der Waals surface area contributed by atoms with E-state index in [4.69, 9.17) is 5.73 Å². The fourth-order valence-corrected chi connectivity index (χ4v) is 3.18. The fraction of sp³-hybridized carbons (Fsp3) is 0.417. The maximum absolute atomic E-state index is 11.6. The first-order valence-corrected chi connectivity index (χ1v) is 6.90. The molecule has 1 amide bonds. The normalized spacial score (nSPS) is 11.4. The zero-order chi connectivity index (χ0) is 12.2. The van der Waals surface area contributed by atoms with Gasteiger partial charge in [-0.25, -0.2) is 0 Å². The fourth-order valence-electron chi connectivity index (χ4n) is 1.53. The van der Waals surface area contributed by atoms with E-state index in [-0.39, 0.29) is 5.91 Å².